The van der Waals surface area contributed by atoms with Gasteiger partial charge in [-0.1, -0.05) is 0 Å². The van der Waals surface area contributed by atoms with Gasteiger partial charge >= 0.3 is 5.97 Å². The number of hydrogen-bond donors (Lipinski definition) is 1. The monoisotopic (exact) mass is 243 g/mol. The van der Waals surface area contributed by atoms with Crippen molar-refractivity contribution in [3.05, 3.63) is 0 Å². The normalized spacial score (nSPS) is 19.8. The summed E-state index contributed by atoms with van der Waals surface area (Å²) in [4.78, 5) is 12.0. The van der Waals surface area contributed by atoms with Crippen LogP contribution in [0.3, 0.4) is 0 Å². The minimum absolute atomic E-state index is 0.217. The van der Waals surface area contributed by atoms with Crippen molar-refractivity contribution in [2.45, 2.75) is 64.6 Å². The molecule has 1 N–H and O–H groups in total. The highest BCUT2D eigenvalue weighted by atomic mass is 16.5. The lowest BCUT2D eigenvalue weighted by Crippen LogP contribution is -2.57. The van der Waals surface area contributed by atoms with E-state index in [1.807, 2.05) is 27.7 Å². The summed E-state index contributed by atoms with van der Waals surface area (Å²) in [5.74, 6) is -0.229. The molecule has 1 rings (SSSR count). The van der Waals surface area contributed by atoms with Crippen LogP contribution in [0.15, 0.2) is 0 Å². The first-order chi connectivity index (χ1) is 7.98. The smallest absolute Gasteiger partial charge is 0.328 e. The molecule has 0 aromatic rings. The minimum atomic E-state index is -0.736. The van der Waals surface area contributed by atoms with Crippen molar-refractivity contribution >= 4 is 5.97 Å². The summed E-state index contributed by atoms with van der Waals surface area (Å²) in [5.41, 5.74) is -0.736. The van der Waals surface area contributed by atoms with Crippen LogP contribution in [0.25, 0.3) is 0 Å². The summed E-state index contributed by atoms with van der Waals surface area (Å²) >= 11 is 0. The molecule has 4 heteroatoms. The molecule has 0 amide bonds. The third-order valence-electron chi connectivity index (χ3n) is 2.99. The molecule has 0 saturated heterocycles. The first-order valence-corrected chi connectivity index (χ1v) is 6.54. The standard InChI is InChI=1S/C13H25NO3/c1-5-16-12(15)13(4,14-10(2)3)9-17-11-7-6-8-11/h10-11,14H,5-9H2,1-4H3. The van der Waals surface area contributed by atoms with E-state index in [0.29, 0.717) is 19.3 Å². The van der Waals surface area contributed by atoms with Gasteiger partial charge in [-0.2, -0.15) is 0 Å². The maximum atomic E-state index is 12.0. The van der Waals surface area contributed by atoms with Gasteiger partial charge in [0.2, 0.25) is 0 Å². The molecule has 1 unspecified atom stereocenters. The molecular formula is C13H25NO3. The highest BCUT2D eigenvalue weighted by molar-refractivity contribution is 5.80. The molecule has 0 aromatic heterocycles. The van der Waals surface area contributed by atoms with Crippen molar-refractivity contribution in [2.24, 2.45) is 0 Å². The lowest BCUT2D eigenvalue weighted by molar-refractivity contribution is -0.155. The van der Waals surface area contributed by atoms with E-state index in [2.05, 4.69) is 5.32 Å². The number of ether oxygens (including phenoxy) is 2. The zero-order valence-electron chi connectivity index (χ0n) is 11.4. The summed E-state index contributed by atoms with van der Waals surface area (Å²) < 4.78 is 10.9. The molecule has 4 nitrogen and oxygen atoms in total. The Hall–Kier alpha value is -0.610. The molecule has 0 aromatic carbocycles. The number of rotatable bonds is 7. The molecule has 0 radical (unpaired) electrons. The maximum absolute atomic E-state index is 12.0. The predicted octanol–water partition coefficient (Wildman–Crippen LogP) is 1.88. The Morgan fingerprint density at radius 2 is 2.12 bits per heavy atom. The van der Waals surface area contributed by atoms with Crippen molar-refractivity contribution in [2.75, 3.05) is 13.2 Å². The molecule has 0 heterocycles. The second kappa shape index (κ2) is 6.36. The molecule has 1 aliphatic rings. The Bertz CT molecular complexity index is 251. The van der Waals surface area contributed by atoms with Crippen LogP contribution in [0, 0.1) is 0 Å². The van der Waals surface area contributed by atoms with E-state index in [9.17, 15) is 4.79 Å². The minimum Gasteiger partial charge on any atom is -0.465 e. The van der Waals surface area contributed by atoms with Gasteiger partial charge in [0.1, 0.15) is 5.54 Å². The van der Waals surface area contributed by atoms with E-state index < -0.39 is 5.54 Å². The van der Waals surface area contributed by atoms with E-state index >= 15 is 0 Å². The third kappa shape index (κ3) is 4.28. The molecule has 0 bridgehead atoms. The third-order valence-corrected chi connectivity index (χ3v) is 2.99. The molecule has 17 heavy (non-hydrogen) atoms. The fourth-order valence-electron chi connectivity index (χ4n) is 1.91. The number of nitrogens with one attached hydrogen (secondary N) is 1. The lowest BCUT2D eigenvalue weighted by atomic mass is 9.95. The Kier molecular flexibility index (Phi) is 5.40. The van der Waals surface area contributed by atoms with E-state index in [0.717, 1.165) is 12.8 Å². The predicted molar refractivity (Wildman–Crippen MR) is 66.9 cm³/mol. The van der Waals surface area contributed by atoms with Crippen LogP contribution in [0.2, 0.25) is 0 Å². The van der Waals surface area contributed by atoms with Crippen LogP contribution in [0.1, 0.15) is 47.0 Å². The zero-order chi connectivity index (χ0) is 12.9. The van der Waals surface area contributed by atoms with Crippen molar-refractivity contribution in [3.63, 3.8) is 0 Å². The quantitative estimate of drug-likeness (QED) is 0.694. The van der Waals surface area contributed by atoms with Crippen LogP contribution in [0.5, 0.6) is 0 Å². The van der Waals surface area contributed by atoms with Gasteiger partial charge in [-0.15, -0.1) is 0 Å². The van der Waals surface area contributed by atoms with Gasteiger partial charge in [0, 0.05) is 6.04 Å². The number of carbonyl (C=O) groups excluding carboxylic acids is 1. The van der Waals surface area contributed by atoms with E-state index in [-0.39, 0.29) is 12.0 Å². The molecular weight excluding hydrogens is 218 g/mol. The second-order valence-electron chi connectivity index (χ2n) is 5.22. The van der Waals surface area contributed by atoms with Crippen LogP contribution >= 0.6 is 0 Å². The first kappa shape index (κ1) is 14.5. The zero-order valence-corrected chi connectivity index (χ0v) is 11.4. The van der Waals surface area contributed by atoms with Gasteiger partial charge in [0.15, 0.2) is 0 Å². The Balaban J connectivity index is 2.52. The van der Waals surface area contributed by atoms with Gasteiger partial charge in [-0.05, 0) is 47.0 Å². The van der Waals surface area contributed by atoms with E-state index in [1.165, 1.54) is 6.42 Å². The summed E-state index contributed by atoms with van der Waals surface area (Å²) in [6.07, 6.45) is 3.79. The van der Waals surface area contributed by atoms with Crippen molar-refractivity contribution in [3.8, 4) is 0 Å². The van der Waals surface area contributed by atoms with Crippen LogP contribution < -0.4 is 5.32 Å². The van der Waals surface area contributed by atoms with Crippen molar-refractivity contribution in [1.29, 1.82) is 0 Å². The van der Waals surface area contributed by atoms with Crippen molar-refractivity contribution in [1.82, 2.24) is 5.32 Å². The molecule has 0 spiro atoms. The highest BCUT2D eigenvalue weighted by Crippen LogP contribution is 2.23. The number of esters is 1. The fourth-order valence-corrected chi connectivity index (χ4v) is 1.91. The summed E-state index contributed by atoms with van der Waals surface area (Å²) in [6, 6.07) is 0.217. The van der Waals surface area contributed by atoms with Crippen molar-refractivity contribution < 1.29 is 14.3 Å². The Labute approximate surface area is 104 Å². The largest absolute Gasteiger partial charge is 0.465 e. The van der Waals surface area contributed by atoms with Crippen LogP contribution in [0.4, 0.5) is 0 Å². The first-order valence-electron chi connectivity index (χ1n) is 6.54. The highest BCUT2D eigenvalue weighted by Gasteiger charge is 2.37. The number of hydrogen-bond acceptors (Lipinski definition) is 4. The SMILES string of the molecule is CCOC(=O)C(C)(COC1CCC1)NC(C)C. The lowest BCUT2D eigenvalue weighted by Gasteiger charge is -2.34. The molecule has 1 aliphatic carbocycles. The van der Waals surface area contributed by atoms with Crippen LogP contribution in [-0.4, -0.2) is 36.9 Å². The molecule has 1 saturated carbocycles. The Morgan fingerprint density at radius 3 is 2.53 bits per heavy atom. The Morgan fingerprint density at radius 1 is 1.47 bits per heavy atom. The summed E-state index contributed by atoms with van der Waals surface area (Å²) in [7, 11) is 0. The summed E-state index contributed by atoms with van der Waals surface area (Å²) in [5, 5.41) is 3.24. The molecule has 1 fully saturated rings. The maximum Gasteiger partial charge on any atom is 0.328 e. The van der Waals surface area contributed by atoms with Gasteiger partial charge in [-0.25, -0.2) is 4.79 Å². The van der Waals surface area contributed by atoms with Gasteiger partial charge in [-0.3, -0.25) is 5.32 Å². The second-order valence-corrected chi connectivity index (χ2v) is 5.22. The van der Waals surface area contributed by atoms with Gasteiger partial charge in [0.05, 0.1) is 19.3 Å². The molecule has 100 valence electrons. The average Bonchev–Trinajstić information content (AvgIpc) is 2.14. The molecule has 0 aliphatic heterocycles. The number of carbonyl (C=O) groups is 1. The van der Waals surface area contributed by atoms with Gasteiger partial charge < -0.3 is 9.47 Å². The summed E-state index contributed by atoms with van der Waals surface area (Å²) in [6.45, 7) is 8.48. The van der Waals surface area contributed by atoms with E-state index in [1.54, 1.807) is 0 Å². The van der Waals surface area contributed by atoms with Gasteiger partial charge in [0.25, 0.3) is 0 Å². The van der Waals surface area contributed by atoms with Crippen LogP contribution in [-0.2, 0) is 14.3 Å². The molecule has 1 atom stereocenters. The fraction of sp³-hybridized carbons (Fsp3) is 0.923. The topological polar surface area (TPSA) is 47.6 Å². The van der Waals surface area contributed by atoms with E-state index in [4.69, 9.17) is 9.47 Å². The average molecular weight is 243 g/mol.